The first-order valence-electron chi connectivity index (χ1n) is 9.06. The van der Waals surface area contributed by atoms with Crippen LogP contribution in [0.3, 0.4) is 0 Å². The van der Waals surface area contributed by atoms with Crippen LogP contribution in [0.5, 0.6) is 0 Å². The van der Waals surface area contributed by atoms with Crippen molar-refractivity contribution in [3.63, 3.8) is 0 Å². The van der Waals surface area contributed by atoms with Crippen molar-refractivity contribution in [2.45, 2.75) is 25.4 Å². The number of piperazine rings is 1. The highest BCUT2D eigenvalue weighted by Gasteiger charge is 2.26. The molecule has 2 rings (SSSR count). The van der Waals surface area contributed by atoms with E-state index >= 15 is 0 Å². The molecule has 2 heterocycles. The number of hydrogen-bond donors (Lipinski definition) is 2. The van der Waals surface area contributed by atoms with Gasteiger partial charge in [-0.25, -0.2) is 0 Å². The van der Waals surface area contributed by atoms with Crippen LogP contribution in [-0.2, 0) is 14.4 Å². The zero-order valence-corrected chi connectivity index (χ0v) is 15.8. The number of rotatable bonds is 6. The normalized spacial score (nSPS) is 19.8. The maximum atomic E-state index is 12.3. The summed E-state index contributed by atoms with van der Waals surface area (Å²) in [5.41, 5.74) is 0. The molecule has 0 spiro atoms. The number of hydrogen-bond acceptors (Lipinski definition) is 6. The van der Waals surface area contributed by atoms with Crippen LogP contribution >= 0.6 is 0 Å². The molecule has 0 aromatic carbocycles. The predicted molar refractivity (Wildman–Crippen MR) is 96.7 cm³/mol. The highest BCUT2D eigenvalue weighted by Crippen LogP contribution is 2.11. The van der Waals surface area contributed by atoms with Crippen molar-refractivity contribution in [3.05, 3.63) is 0 Å². The zero-order valence-electron chi connectivity index (χ0n) is 15.8. The SMILES string of the molecule is CN(C)CC(O)CN1CCN(C(=O)CN2CCCCC2=O)CC1.O=CO. The van der Waals surface area contributed by atoms with E-state index in [1.807, 2.05) is 23.9 Å². The van der Waals surface area contributed by atoms with Crippen LogP contribution in [0.4, 0.5) is 0 Å². The van der Waals surface area contributed by atoms with Crippen LogP contribution in [-0.4, -0.2) is 121 Å². The van der Waals surface area contributed by atoms with Gasteiger partial charge in [0.25, 0.3) is 6.47 Å². The Kier molecular flexibility index (Phi) is 10.2. The summed E-state index contributed by atoms with van der Waals surface area (Å²) in [5, 5.41) is 16.9. The summed E-state index contributed by atoms with van der Waals surface area (Å²) in [6.45, 7) is 4.89. The Morgan fingerprint density at radius 1 is 1.19 bits per heavy atom. The molecule has 0 saturated carbocycles. The van der Waals surface area contributed by atoms with E-state index in [0.717, 1.165) is 25.9 Å². The Balaban J connectivity index is 0.00000105. The van der Waals surface area contributed by atoms with E-state index in [0.29, 0.717) is 39.1 Å². The third-order valence-corrected chi connectivity index (χ3v) is 4.52. The van der Waals surface area contributed by atoms with Gasteiger partial charge in [-0.15, -0.1) is 0 Å². The maximum Gasteiger partial charge on any atom is 0.290 e. The molecular formula is C17H32N4O5. The third kappa shape index (κ3) is 8.11. The molecule has 2 fully saturated rings. The van der Waals surface area contributed by atoms with Gasteiger partial charge in [-0.2, -0.15) is 0 Å². The number of amides is 2. The molecule has 0 aromatic rings. The molecule has 26 heavy (non-hydrogen) atoms. The Hall–Kier alpha value is -1.71. The molecule has 2 aliphatic rings. The van der Waals surface area contributed by atoms with Crippen LogP contribution in [0.1, 0.15) is 19.3 Å². The van der Waals surface area contributed by atoms with E-state index in [9.17, 15) is 14.7 Å². The summed E-state index contributed by atoms with van der Waals surface area (Å²) >= 11 is 0. The summed E-state index contributed by atoms with van der Waals surface area (Å²) in [6.07, 6.45) is 2.15. The number of carbonyl (C=O) groups excluding carboxylic acids is 2. The molecule has 9 heteroatoms. The number of likely N-dealkylation sites (N-methyl/N-ethyl adjacent to an activating group) is 1. The van der Waals surface area contributed by atoms with E-state index in [-0.39, 0.29) is 30.9 Å². The Bertz CT molecular complexity index is 452. The van der Waals surface area contributed by atoms with Crippen LogP contribution in [0.2, 0.25) is 0 Å². The quantitative estimate of drug-likeness (QED) is 0.562. The largest absolute Gasteiger partial charge is 0.483 e. The minimum Gasteiger partial charge on any atom is -0.483 e. The molecule has 0 bridgehead atoms. The summed E-state index contributed by atoms with van der Waals surface area (Å²) in [6, 6.07) is 0. The van der Waals surface area contributed by atoms with Crippen molar-refractivity contribution in [2.24, 2.45) is 0 Å². The van der Waals surface area contributed by atoms with E-state index in [1.54, 1.807) is 4.90 Å². The number of likely N-dealkylation sites (tertiary alicyclic amines) is 1. The summed E-state index contributed by atoms with van der Waals surface area (Å²) in [4.78, 5) is 40.2. The zero-order chi connectivity index (χ0) is 19.5. The van der Waals surface area contributed by atoms with Gasteiger partial charge >= 0.3 is 0 Å². The Morgan fingerprint density at radius 3 is 2.35 bits per heavy atom. The highest BCUT2D eigenvalue weighted by molar-refractivity contribution is 5.85. The fraction of sp³-hybridized carbons (Fsp3) is 0.824. The number of β-amino-alcohol motifs (C(OH)–C–C–N with tert-alkyl or cyclic N) is 1. The molecule has 150 valence electrons. The monoisotopic (exact) mass is 372 g/mol. The molecule has 1 atom stereocenters. The summed E-state index contributed by atoms with van der Waals surface area (Å²) < 4.78 is 0. The first kappa shape index (κ1) is 22.3. The van der Waals surface area contributed by atoms with Gasteiger partial charge < -0.3 is 24.9 Å². The van der Waals surface area contributed by atoms with E-state index in [1.165, 1.54) is 0 Å². The van der Waals surface area contributed by atoms with Crippen LogP contribution < -0.4 is 0 Å². The fourth-order valence-corrected chi connectivity index (χ4v) is 3.25. The lowest BCUT2D eigenvalue weighted by atomic mass is 10.1. The van der Waals surface area contributed by atoms with Crippen LogP contribution in [0.15, 0.2) is 0 Å². The number of aliphatic hydroxyl groups excluding tert-OH is 1. The lowest BCUT2D eigenvalue weighted by Gasteiger charge is -2.37. The molecule has 0 aromatic heterocycles. The number of carboxylic acid groups (broad SMARTS) is 1. The lowest BCUT2D eigenvalue weighted by Crippen LogP contribution is -2.53. The van der Waals surface area contributed by atoms with Gasteiger partial charge in [0.15, 0.2) is 0 Å². The van der Waals surface area contributed by atoms with Gasteiger partial charge in [0.05, 0.1) is 12.6 Å². The Morgan fingerprint density at radius 2 is 1.81 bits per heavy atom. The second-order valence-electron chi connectivity index (χ2n) is 6.98. The fourth-order valence-electron chi connectivity index (χ4n) is 3.25. The molecule has 2 N–H and O–H groups in total. The number of piperidine rings is 1. The minimum absolute atomic E-state index is 0.0498. The first-order valence-corrected chi connectivity index (χ1v) is 9.06. The molecule has 0 radical (unpaired) electrons. The second-order valence-corrected chi connectivity index (χ2v) is 6.98. The van der Waals surface area contributed by atoms with Crippen molar-refractivity contribution in [2.75, 3.05) is 66.5 Å². The minimum atomic E-state index is -0.363. The molecule has 0 aliphatic carbocycles. The van der Waals surface area contributed by atoms with E-state index < -0.39 is 0 Å². The standard InChI is InChI=1S/C16H30N4O3.CH2O2/c1-17(2)11-14(21)12-18-7-9-19(10-8-18)16(23)13-20-6-4-3-5-15(20)22;2-1-3/h14,21H,3-13H2,1-2H3;1H,(H,2,3). The molecule has 2 aliphatic heterocycles. The number of nitrogens with zero attached hydrogens (tertiary/aromatic N) is 4. The summed E-state index contributed by atoms with van der Waals surface area (Å²) in [5.74, 6) is 0.156. The molecule has 2 saturated heterocycles. The topological polar surface area (TPSA) is 105 Å². The van der Waals surface area contributed by atoms with Crippen LogP contribution in [0.25, 0.3) is 0 Å². The summed E-state index contributed by atoms with van der Waals surface area (Å²) in [7, 11) is 3.89. The van der Waals surface area contributed by atoms with E-state index in [4.69, 9.17) is 9.90 Å². The van der Waals surface area contributed by atoms with Crippen molar-refractivity contribution in [1.29, 1.82) is 0 Å². The van der Waals surface area contributed by atoms with E-state index in [2.05, 4.69) is 4.90 Å². The average molecular weight is 372 g/mol. The van der Waals surface area contributed by atoms with Gasteiger partial charge in [-0.05, 0) is 26.9 Å². The second kappa shape index (κ2) is 11.8. The molecular weight excluding hydrogens is 340 g/mol. The lowest BCUT2D eigenvalue weighted by molar-refractivity contribution is -0.142. The Labute approximate surface area is 155 Å². The van der Waals surface area contributed by atoms with Gasteiger partial charge in [-0.3, -0.25) is 19.3 Å². The molecule has 1 unspecified atom stereocenters. The van der Waals surface area contributed by atoms with Crippen molar-refractivity contribution < 1.29 is 24.6 Å². The van der Waals surface area contributed by atoms with Gasteiger partial charge in [-0.1, -0.05) is 0 Å². The first-order chi connectivity index (χ1) is 12.4. The predicted octanol–water partition coefficient (Wildman–Crippen LogP) is -1.23. The van der Waals surface area contributed by atoms with Gasteiger partial charge in [0.1, 0.15) is 0 Å². The molecule has 9 nitrogen and oxygen atoms in total. The number of aliphatic hydroxyl groups is 1. The molecule has 2 amide bonds. The van der Waals surface area contributed by atoms with Crippen molar-refractivity contribution >= 4 is 18.3 Å². The van der Waals surface area contributed by atoms with Crippen LogP contribution in [0, 0.1) is 0 Å². The smallest absolute Gasteiger partial charge is 0.290 e. The van der Waals surface area contributed by atoms with Gasteiger partial charge in [0.2, 0.25) is 11.8 Å². The van der Waals surface area contributed by atoms with Gasteiger partial charge in [0, 0.05) is 52.2 Å². The number of carbonyl (C=O) groups is 3. The average Bonchev–Trinajstić information content (AvgIpc) is 2.57. The van der Waals surface area contributed by atoms with Crippen molar-refractivity contribution in [3.8, 4) is 0 Å². The highest BCUT2D eigenvalue weighted by atomic mass is 16.3. The van der Waals surface area contributed by atoms with Crippen molar-refractivity contribution in [1.82, 2.24) is 19.6 Å². The maximum absolute atomic E-state index is 12.3. The third-order valence-electron chi connectivity index (χ3n) is 4.52.